The molecular formula is C13H23N5O3. The molecule has 0 bridgehead atoms. The normalized spacial score (nSPS) is 11.9. The first kappa shape index (κ1) is 16.9. The van der Waals surface area contributed by atoms with Gasteiger partial charge in [-0.05, 0) is 34.6 Å². The van der Waals surface area contributed by atoms with Crippen LogP contribution in [0.15, 0.2) is 0 Å². The lowest BCUT2D eigenvalue weighted by Gasteiger charge is -2.14. The van der Waals surface area contributed by atoms with E-state index < -0.39 is 6.04 Å². The van der Waals surface area contributed by atoms with Crippen LogP contribution < -0.4 is 15.4 Å². The Kier molecular flexibility index (Phi) is 6.64. The number of aromatic nitrogens is 3. The number of esters is 1. The lowest BCUT2D eigenvalue weighted by Crippen LogP contribution is -2.29. The highest BCUT2D eigenvalue weighted by Gasteiger charge is 2.16. The smallest absolute Gasteiger partial charge is 0.328 e. The summed E-state index contributed by atoms with van der Waals surface area (Å²) >= 11 is 0. The molecule has 1 aromatic rings. The van der Waals surface area contributed by atoms with Gasteiger partial charge in [-0.25, -0.2) is 4.79 Å². The van der Waals surface area contributed by atoms with Crippen molar-refractivity contribution in [2.75, 3.05) is 23.8 Å². The predicted molar refractivity (Wildman–Crippen MR) is 79.5 cm³/mol. The number of ether oxygens (including phenoxy) is 2. The van der Waals surface area contributed by atoms with Gasteiger partial charge in [0.25, 0.3) is 0 Å². The van der Waals surface area contributed by atoms with Gasteiger partial charge in [0, 0.05) is 6.54 Å². The third-order valence-corrected chi connectivity index (χ3v) is 2.28. The van der Waals surface area contributed by atoms with Gasteiger partial charge in [-0.2, -0.15) is 15.0 Å². The summed E-state index contributed by atoms with van der Waals surface area (Å²) in [7, 11) is 0. The summed E-state index contributed by atoms with van der Waals surface area (Å²) in [6.45, 7) is 10.1. The van der Waals surface area contributed by atoms with Gasteiger partial charge in [0.15, 0.2) is 0 Å². The minimum absolute atomic E-state index is 0.0581. The summed E-state index contributed by atoms with van der Waals surface area (Å²) < 4.78 is 10.4. The molecule has 0 aliphatic rings. The van der Waals surface area contributed by atoms with E-state index in [0.717, 1.165) is 0 Å². The number of hydrogen-bond donors (Lipinski definition) is 2. The molecule has 1 atom stereocenters. The number of nitrogens with zero attached hydrogens (tertiary/aromatic N) is 3. The maximum atomic E-state index is 11.6. The molecule has 0 aliphatic carbocycles. The van der Waals surface area contributed by atoms with Crippen molar-refractivity contribution in [1.82, 2.24) is 15.0 Å². The van der Waals surface area contributed by atoms with Crippen molar-refractivity contribution in [3.05, 3.63) is 0 Å². The summed E-state index contributed by atoms with van der Waals surface area (Å²) in [6.07, 6.45) is -0.0581. The Bertz CT molecular complexity index is 467. The lowest BCUT2D eigenvalue weighted by molar-refractivity contribution is -0.143. The number of carbonyl (C=O) groups excluding carboxylic acids is 1. The molecule has 8 nitrogen and oxygen atoms in total. The molecule has 1 aromatic heterocycles. The molecular weight excluding hydrogens is 274 g/mol. The fourth-order valence-corrected chi connectivity index (χ4v) is 1.44. The van der Waals surface area contributed by atoms with Gasteiger partial charge in [-0.15, -0.1) is 0 Å². The van der Waals surface area contributed by atoms with E-state index in [2.05, 4.69) is 25.6 Å². The van der Waals surface area contributed by atoms with E-state index in [4.69, 9.17) is 9.47 Å². The van der Waals surface area contributed by atoms with Crippen molar-refractivity contribution in [2.24, 2.45) is 0 Å². The molecule has 0 fully saturated rings. The Morgan fingerprint density at radius 2 is 1.81 bits per heavy atom. The van der Waals surface area contributed by atoms with Gasteiger partial charge in [0.1, 0.15) is 6.04 Å². The Morgan fingerprint density at radius 3 is 2.38 bits per heavy atom. The topological polar surface area (TPSA) is 98.3 Å². The maximum absolute atomic E-state index is 11.6. The van der Waals surface area contributed by atoms with Gasteiger partial charge in [0.05, 0.1) is 12.7 Å². The van der Waals surface area contributed by atoms with Crippen LogP contribution in [0.3, 0.4) is 0 Å². The van der Waals surface area contributed by atoms with Crippen LogP contribution in [0.2, 0.25) is 0 Å². The average Bonchev–Trinajstić information content (AvgIpc) is 2.38. The molecule has 8 heteroatoms. The third kappa shape index (κ3) is 5.80. The third-order valence-electron chi connectivity index (χ3n) is 2.28. The fraction of sp³-hybridized carbons (Fsp3) is 0.692. The number of nitrogens with one attached hydrogen (secondary N) is 2. The Balaban J connectivity index is 2.88. The second kappa shape index (κ2) is 8.23. The second-order valence-corrected chi connectivity index (χ2v) is 4.58. The van der Waals surface area contributed by atoms with E-state index in [9.17, 15) is 4.79 Å². The average molecular weight is 297 g/mol. The summed E-state index contributed by atoms with van der Waals surface area (Å²) in [4.78, 5) is 24.1. The monoisotopic (exact) mass is 297 g/mol. The summed E-state index contributed by atoms with van der Waals surface area (Å²) in [6, 6.07) is -0.358. The molecule has 0 aromatic carbocycles. The van der Waals surface area contributed by atoms with Gasteiger partial charge in [0.2, 0.25) is 11.9 Å². The first-order valence-electron chi connectivity index (χ1n) is 7.06. The molecule has 21 heavy (non-hydrogen) atoms. The van der Waals surface area contributed by atoms with E-state index in [1.807, 2.05) is 20.8 Å². The quantitative estimate of drug-likeness (QED) is 0.696. The van der Waals surface area contributed by atoms with Crippen LogP contribution in [-0.4, -0.2) is 46.2 Å². The van der Waals surface area contributed by atoms with Crippen molar-refractivity contribution >= 4 is 17.9 Å². The standard InChI is InChI=1S/C13H23N5O3/c1-6-14-11-16-12(15-9(5)10(19)20-7-2)18-13(17-11)21-8(3)4/h8-9H,6-7H2,1-5H3,(H2,14,15,16,17,18). The zero-order valence-corrected chi connectivity index (χ0v) is 13.1. The zero-order chi connectivity index (χ0) is 15.8. The van der Waals surface area contributed by atoms with E-state index in [0.29, 0.717) is 19.1 Å². The number of carbonyl (C=O) groups is 1. The van der Waals surface area contributed by atoms with Crippen molar-refractivity contribution < 1.29 is 14.3 Å². The number of hydrogen-bond acceptors (Lipinski definition) is 8. The summed E-state index contributed by atoms with van der Waals surface area (Å²) in [5.41, 5.74) is 0. The fourth-order valence-electron chi connectivity index (χ4n) is 1.44. The number of rotatable bonds is 8. The molecule has 1 rings (SSSR count). The van der Waals surface area contributed by atoms with Crippen molar-refractivity contribution in [3.8, 4) is 6.01 Å². The Hall–Kier alpha value is -2.12. The first-order valence-corrected chi connectivity index (χ1v) is 7.06. The minimum Gasteiger partial charge on any atom is -0.464 e. The van der Waals surface area contributed by atoms with Crippen LogP contribution in [0.25, 0.3) is 0 Å². The van der Waals surface area contributed by atoms with Gasteiger partial charge < -0.3 is 20.1 Å². The van der Waals surface area contributed by atoms with E-state index >= 15 is 0 Å². The molecule has 0 saturated carbocycles. The molecule has 1 heterocycles. The molecule has 118 valence electrons. The van der Waals surface area contributed by atoms with Crippen LogP contribution >= 0.6 is 0 Å². The highest BCUT2D eigenvalue weighted by molar-refractivity contribution is 5.78. The van der Waals surface area contributed by atoms with Crippen LogP contribution in [0.4, 0.5) is 11.9 Å². The van der Waals surface area contributed by atoms with Gasteiger partial charge in [-0.3, -0.25) is 0 Å². The largest absolute Gasteiger partial charge is 0.464 e. The van der Waals surface area contributed by atoms with Crippen LogP contribution in [0, 0.1) is 0 Å². The van der Waals surface area contributed by atoms with Crippen LogP contribution in [0.5, 0.6) is 6.01 Å². The maximum Gasteiger partial charge on any atom is 0.328 e. The number of anilines is 2. The molecule has 0 saturated heterocycles. The molecule has 0 amide bonds. The molecule has 0 aliphatic heterocycles. The van der Waals surface area contributed by atoms with Gasteiger partial charge >= 0.3 is 12.0 Å². The molecule has 0 radical (unpaired) electrons. The summed E-state index contributed by atoms with van der Waals surface area (Å²) in [5.74, 6) is 0.285. The lowest BCUT2D eigenvalue weighted by atomic mass is 10.3. The predicted octanol–water partition coefficient (Wildman–Crippen LogP) is 1.45. The van der Waals surface area contributed by atoms with Crippen molar-refractivity contribution in [2.45, 2.75) is 46.8 Å². The van der Waals surface area contributed by atoms with E-state index in [1.54, 1.807) is 13.8 Å². The van der Waals surface area contributed by atoms with Crippen molar-refractivity contribution in [1.29, 1.82) is 0 Å². The molecule has 2 N–H and O–H groups in total. The second-order valence-electron chi connectivity index (χ2n) is 4.58. The highest BCUT2D eigenvalue weighted by Crippen LogP contribution is 2.13. The first-order chi connectivity index (χ1) is 9.96. The SMILES string of the molecule is CCNc1nc(NC(C)C(=O)OCC)nc(OC(C)C)n1. The minimum atomic E-state index is -0.561. The van der Waals surface area contributed by atoms with Crippen LogP contribution in [-0.2, 0) is 9.53 Å². The van der Waals surface area contributed by atoms with Crippen molar-refractivity contribution in [3.63, 3.8) is 0 Å². The Morgan fingerprint density at radius 1 is 1.14 bits per heavy atom. The molecule has 0 spiro atoms. The summed E-state index contributed by atoms with van der Waals surface area (Å²) in [5, 5.41) is 5.87. The van der Waals surface area contributed by atoms with E-state index in [-0.39, 0.29) is 24.0 Å². The van der Waals surface area contributed by atoms with E-state index in [1.165, 1.54) is 0 Å². The van der Waals surface area contributed by atoms with Crippen LogP contribution in [0.1, 0.15) is 34.6 Å². The zero-order valence-electron chi connectivity index (χ0n) is 13.1. The van der Waals surface area contributed by atoms with Gasteiger partial charge in [-0.1, -0.05) is 0 Å². The molecule has 1 unspecified atom stereocenters. The highest BCUT2D eigenvalue weighted by atomic mass is 16.5. The Labute approximate surface area is 124 Å².